The Bertz CT molecular complexity index is 1160. The number of alkyl halides is 4. The first kappa shape index (κ1) is 24.0. The largest absolute Gasteiger partial charge is 0.348 e. The number of nitriles is 1. The lowest BCUT2D eigenvalue weighted by atomic mass is 9.63. The third-order valence-electron chi connectivity index (χ3n) is 8.02. The Morgan fingerprint density at radius 3 is 2.51 bits per heavy atom. The second-order valence-corrected chi connectivity index (χ2v) is 10.5. The Labute approximate surface area is 200 Å². The molecule has 0 saturated heterocycles. The zero-order chi connectivity index (χ0) is 25.0. The van der Waals surface area contributed by atoms with Crippen LogP contribution in [0.4, 0.5) is 17.6 Å². The van der Waals surface area contributed by atoms with Crippen molar-refractivity contribution in [2.45, 2.75) is 81.7 Å². The molecular weight excluding hydrogens is 464 g/mol. The van der Waals surface area contributed by atoms with Gasteiger partial charge in [0.1, 0.15) is 0 Å². The van der Waals surface area contributed by atoms with Crippen LogP contribution >= 0.6 is 0 Å². The predicted molar refractivity (Wildman–Crippen MR) is 117 cm³/mol. The molecule has 0 aliphatic heterocycles. The molecule has 1 amide bonds. The van der Waals surface area contributed by atoms with E-state index in [1.807, 2.05) is 0 Å². The quantitative estimate of drug-likeness (QED) is 0.555. The summed E-state index contributed by atoms with van der Waals surface area (Å²) in [7, 11) is 0. The molecule has 2 aromatic heterocycles. The van der Waals surface area contributed by atoms with Crippen molar-refractivity contribution in [1.82, 2.24) is 19.9 Å². The van der Waals surface area contributed by atoms with Crippen molar-refractivity contribution in [1.29, 1.82) is 5.26 Å². The molecule has 2 aromatic rings. The second-order valence-electron chi connectivity index (χ2n) is 10.5. The maximum absolute atomic E-state index is 13.5. The third-order valence-corrected chi connectivity index (χ3v) is 8.02. The first-order valence-electron chi connectivity index (χ1n) is 12.1. The third kappa shape index (κ3) is 4.60. The van der Waals surface area contributed by atoms with E-state index in [1.54, 1.807) is 18.5 Å². The van der Waals surface area contributed by atoms with E-state index >= 15 is 0 Å². The number of carbonyl (C=O) groups excluding carboxylic acids is 1. The fourth-order valence-corrected chi connectivity index (χ4v) is 5.39. The highest BCUT2D eigenvalue weighted by molar-refractivity contribution is 5.77. The molecule has 2 unspecified atom stereocenters. The number of imidazole rings is 1. The van der Waals surface area contributed by atoms with Crippen LogP contribution in [0, 0.1) is 28.6 Å². The van der Waals surface area contributed by atoms with Gasteiger partial charge in [0.05, 0.1) is 41.7 Å². The molecule has 0 spiro atoms. The average molecular weight is 493 g/mol. The number of carbonyl (C=O) groups is 1. The summed E-state index contributed by atoms with van der Waals surface area (Å²) in [5, 5.41) is 17.1. The number of nitrogens with one attached hydrogen (secondary N) is 1. The Morgan fingerprint density at radius 2 is 1.94 bits per heavy atom. The molecule has 11 heteroatoms. The molecule has 0 aromatic carbocycles. The molecule has 3 aliphatic rings. The lowest BCUT2D eigenvalue weighted by Gasteiger charge is -2.42. The minimum absolute atomic E-state index is 0.108. The van der Waals surface area contributed by atoms with Crippen LogP contribution in [0.5, 0.6) is 0 Å². The summed E-state index contributed by atoms with van der Waals surface area (Å²) in [6.07, 6.45) is 4.88. The number of rotatable bonds is 7. The van der Waals surface area contributed by atoms with Gasteiger partial charge in [0.25, 0.3) is 5.92 Å². The first-order chi connectivity index (χ1) is 16.5. The van der Waals surface area contributed by atoms with Crippen molar-refractivity contribution in [3.63, 3.8) is 0 Å². The number of hydrogen-bond donors (Lipinski definition) is 2. The zero-order valence-electron chi connectivity index (χ0n) is 19.2. The maximum atomic E-state index is 13.5. The van der Waals surface area contributed by atoms with Gasteiger partial charge in [-0.25, -0.2) is 27.1 Å². The van der Waals surface area contributed by atoms with Gasteiger partial charge in [0, 0.05) is 31.6 Å². The molecule has 7 nitrogen and oxygen atoms in total. The van der Waals surface area contributed by atoms with Gasteiger partial charge < -0.3 is 11.1 Å². The second kappa shape index (κ2) is 8.43. The highest BCUT2D eigenvalue weighted by Gasteiger charge is 2.57. The van der Waals surface area contributed by atoms with Crippen molar-refractivity contribution >= 4 is 11.6 Å². The molecule has 35 heavy (non-hydrogen) atoms. The fraction of sp³-hybridized carbons (Fsp3) is 0.667. The van der Waals surface area contributed by atoms with Gasteiger partial charge in [-0.3, -0.25) is 4.79 Å². The summed E-state index contributed by atoms with van der Waals surface area (Å²) in [6.45, 7) is 0. The predicted octanol–water partition coefficient (Wildman–Crippen LogP) is 4.45. The highest BCUT2D eigenvalue weighted by atomic mass is 19.3. The maximum Gasteiger partial charge on any atom is 0.252 e. The van der Waals surface area contributed by atoms with Crippen LogP contribution in [-0.4, -0.2) is 32.4 Å². The van der Waals surface area contributed by atoms with Gasteiger partial charge in [0.2, 0.25) is 11.8 Å². The van der Waals surface area contributed by atoms with Crippen LogP contribution in [0.2, 0.25) is 0 Å². The molecule has 2 heterocycles. The summed E-state index contributed by atoms with van der Waals surface area (Å²) in [4.78, 5) is 17.1. The molecule has 0 radical (unpaired) electrons. The molecule has 3 saturated carbocycles. The van der Waals surface area contributed by atoms with Crippen molar-refractivity contribution in [2.24, 2.45) is 23.0 Å². The molecule has 3 atom stereocenters. The van der Waals surface area contributed by atoms with Gasteiger partial charge in [-0.15, -0.1) is 0 Å². The summed E-state index contributed by atoms with van der Waals surface area (Å²) in [5.74, 6) is -7.02. The van der Waals surface area contributed by atoms with E-state index in [0.29, 0.717) is 42.6 Å². The average Bonchev–Trinajstić information content (AvgIpc) is 3.17. The molecular formula is C24H28F4N6O. The van der Waals surface area contributed by atoms with E-state index in [9.17, 15) is 27.6 Å². The minimum atomic E-state index is -2.80. The SMILES string of the molecule is N#CC1(C(NC(=O)CC2CC2(F)F)c2cnn3cc([C@@H](N)C4CCC(F)(F)CC4)nc3c2)CCC1. The normalized spacial score (nSPS) is 26.3. The molecule has 5 rings (SSSR count). The fourth-order valence-electron chi connectivity index (χ4n) is 5.39. The first-order valence-corrected chi connectivity index (χ1v) is 12.1. The van der Waals surface area contributed by atoms with Gasteiger partial charge in [-0.2, -0.15) is 10.4 Å². The Kier molecular flexibility index (Phi) is 5.78. The van der Waals surface area contributed by atoms with E-state index in [2.05, 4.69) is 21.5 Å². The van der Waals surface area contributed by atoms with Crippen molar-refractivity contribution < 1.29 is 22.4 Å². The topological polar surface area (TPSA) is 109 Å². The van der Waals surface area contributed by atoms with E-state index in [0.717, 1.165) is 6.42 Å². The van der Waals surface area contributed by atoms with Gasteiger partial charge in [0.15, 0.2) is 5.65 Å². The number of fused-ring (bicyclic) bond motifs is 1. The Hall–Kier alpha value is -2.74. The van der Waals surface area contributed by atoms with E-state index in [1.165, 1.54) is 4.52 Å². The standard InChI is InChI=1S/C24H28F4N6O/c25-23(26)6-2-14(3-7-23)20(30)17-12-34-18(32-17)8-15(11-31-34)21(22(13-29)4-1-5-22)33-19(35)9-16-10-24(16,27)28/h8,11-12,14,16,20-21H,1-7,9-10,30H2,(H,33,35)/t16?,20-,21?/m0/s1. The smallest absolute Gasteiger partial charge is 0.252 e. The van der Waals surface area contributed by atoms with Crippen LogP contribution < -0.4 is 11.1 Å². The van der Waals surface area contributed by atoms with Crippen LogP contribution in [0.3, 0.4) is 0 Å². The van der Waals surface area contributed by atoms with Crippen molar-refractivity contribution in [3.8, 4) is 6.07 Å². The number of aromatic nitrogens is 3. The highest BCUT2D eigenvalue weighted by Crippen LogP contribution is 2.52. The van der Waals surface area contributed by atoms with Crippen LogP contribution in [0.1, 0.15) is 81.1 Å². The van der Waals surface area contributed by atoms with Crippen LogP contribution in [0.15, 0.2) is 18.5 Å². The van der Waals surface area contributed by atoms with E-state index < -0.39 is 41.2 Å². The molecule has 3 fully saturated rings. The number of halogens is 4. The van der Waals surface area contributed by atoms with Crippen molar-refractivity contribution in [3.05, 3.63) is 29.7 Å². The van der Waals surface area contributed by atoms with Crippen molar-refractivity contribution in [2.75, 3.05) is 0 Å². The summed E-state index contributed by atoms with van der Waals surface area (Å²) in [6, 6.07) is 2.83. The van der Waals surface area contributed by atoms with Gasteiger partial charge in [-0.1, -0.05) is 6.42 Å². The molecule has 0 bridgehead atoms. The van der Waals surface area contributed by atoms with Crippen LogP contribution in [0.25, 0.3) is 5.65 Å². The number of amides is 1. The van der Waals surface area contributed by atoms with E-state index in [4.69, 9.17) is 5.73 Å². The monoisotopic (exact) mass is 492 g/mol. The summed E-state index contributed by atoms with van der Waals surface area (Å²) < 4.78 is 55.2. The minimum Gasteiger partial charge on any atom is -0.348 e. The summed E-state index contributed by atoms with van der Waals surface area (Å²) >= 11 is 0. The Balaban J connectivity index is 1.37. The number of nitrogens with two attached hydrogens (primary N) is 1. The Morgan fingerprint density at radius 1 is 1.26 bits per heavy atom. The lowest BCUT2D eigenvalue weighted by Crippen LogP contribution is -2.44. The zero-order valence-corrected chi connectivity index (χ0v) is 19.2. The molecule has 188 valence electrons. The lowest BCUT2D eigenvalue weighted by molar-refractivity contribution is -0.124. The van der Waals surface area contributed by atoms with Gasteiger partial charge in [-0.05, 0) is 43.2 Å². The molecule has 3 N–H and O–H groups in total. The summed E-state index contributed by atoms with van der Waals surface area (Å²) in [5.41, 5.74) is 7.10. The van der Waals surface area contributed by atoms with E-state index in [-0.39, 0.29) is 31.6 Å². The van der Waals surface area contributed by atoms with Gasteiger partial charge >= 0.3 is 0 Å². The molecule has 3 aliphatic carbocycles. The number of nitrogens with zero attached hydrogens (tertiary/aromatic N) is 4. The number of hydrogen-bond acceptors (Lipinski definition) is 5. The van der Waals surface area contributed by atoms with Crippen LogP contribution in [-0.2, 0) is 4.79 Å².